The summed E-state index contributed by atoms with van der Waals surface area (Å²) in [7, 11) is 0. The van der Waals surface area contributed by atoms with E-state index in [2.05, 4.69) is 10.3 Å². The van der Waals surface area contributed by atoms with Gasteiger partial charge in [-0.2, -0.15) is 0 Å². The lowest BCUT2D eigenvalue weighted by atomic mass is 10.2. The summed E-state index contributed by atoms with van der Waals surface area (Å²) in [6.45, 7) is 1.21. The number of carbonyl (C=O) groups excluding carboxylic acids is 2. The highest BCUT2D eigenvalue weighted by atomic mass is 35.5. The molecule has 24 heavy (non-hydrogen) atoms. The van der Waals surface area contributed by atoms with E-state index in [1.54, 1.807) is 23.5 Å². The summed E-state index contributed by atoms with van der Waals surface area (Å²) >= 11 is 6.15. The van der Waals surface area contributed by atoms with E-state index in [9.17, 15) is 9.59 Å². The fraction of sp³-hybridized carbons (Fsp3) is 0.353. The Morgan fingerprint density at radius 3 is 2.96 bits per heavy atom. The summed E-state index contributed by atoms with van der Waals surface area (Å²) in [6.07, 6.45) is 6.78. The first-order valence-electron chi connectivity index (χ1n) is 7.93. The van der Waals surface area contributed by atoms with Crippen LogP contribution in [0.4, 0.5) is 5.69 Å². The normalized spacial score (nSPS) is 17.3. The summed E-state index contributed by atoms with van der Waals surface area (Å²) in [5.41, 5.74) is 0.695. The smallest absolute Gasteiger partial charge is 0.229 e. The fourth-order valence-electron chi connectivity index (χ4n) is 2.85. The number of hydrogen-bond acceptors (Lipinski definition) is 3. The molecule has 1 unspecified atom stereocenters. The van der Waals surface area contributed by atoms with Crippen molar-refractivity contribution in [2.75, 3.05) is 11.4 Å². The van der Waals surface area contributed by atoms with E-state index >= 15 is 0 Å². The van der Waals surface area contributed by atoms with E-state index < -0.39 is 0 Å². The van der Waals surface area contributed by atoms with Gasteiger partial charge in [-0.25, -0.2) is 4.98 Å². The number of anilines is 1. The average molecular weight is 347 g/mol. The van der Waals surface area contributed by atoms with Gasteiger partial charge in [0.1, 0.15) is 0 Å². The van der Waals surface area contributed by atoms with Crippen molar-refractivity contribution in [2.45, 2.75) is 31.8 Å². The maximum atomic E-state index is 12.2. The summed E-state index contributed by atoms with van der Waals surface area (Å²) in [5, 5.41) is 3.48. The molecule has 126 valence electrons. The van der Waals surface area contributed by atoms with Crippen LogP contribution in [-0.4, -0.2) is 34.0 Å². The monoisotopic (exact) mass is 346 g/mol. The Bertz CT molecular complexity index is 717. The second-order valence-electron chi connectivity index (χ2n) is 5.83. The molecule has 1 saturated heterocycles. The number of rotatable bonds is 6. The largest absolute Gasteiger partial charge is 0.351 e. The minimum absolute atomic E-state index is 0.0215. The second kappa shape index (κ2) is 7.49. The van der Waals surface area contributed by atoms with Gasteiger partial charge in [0.25, 0.3) is 0 Å². The summed E-state index contributed by atoms with van der Waals surface area (Å²) in [6, 6.07) is 7.07. The van der Waals surface area contributed by atoms with Crippen molar-refractivity contribution in [3.8, 4) is 0 Å². The zero-order chi connectivity index (χ0) is 16.9. The number of imidazole rings is 1. The van der Waals surface area contributed by atoms with Crippen molar-refractivity contribution in [3.05, 3.63) is 48.0 Å². The van der Waals surface area contributed by atoms with Gasteiger partial charge in [0.15, 0.2) is 0 Å². The molecule has 6 nitrogen and oxygen atoms in total. The van der Waals surface area contributed by atoms with Crippen molar-refractivity contribution in [3.63, 3.8) is 0 Å². The third kappa shape index (κ3) is 3.94. The van der Waals surface area contributed by atoms with Gasteiger partial charge in [-0.3, -0.25) is 9.59 Å². The average Bonchev–Trinajstić information content (AvgIpc) is 3.18. The minimum Gasteiger partial charge on any atom is -0.351 e. The molecule has 1 aliphatic rings. The van der Waals surface area contributed by atoms with Crippen molar-refractivity contribution < 1.29 is 9.59 Å². The quantitative estimate of drug-likeness (QED) is 0.872. The number of aromatic nitrogens is 2. The maximum absolute atomic E-state index is 12.2. The summed E-state index contributed by atoms with van der Waals surface area (Å²) < 4.78 is 1.94. The zero-order valence-electron chi connectivity index (χ0n) is 13.2. The first-order valence-corrected chi connectivity index (χ1v) is 8.31. The molecule has 0 spiro atoms. The topological polar surface area (TPSA) is 67.2 Å². The second-order valence-corrected chi connectivity index (χ2v) is 6.24. The number of amides is 2. The van der Waals surface area contributed by atoms with Gasteiger partial charge < -0.3 is 14.8 Å². The lowest BCUT2D eigenvalue weighted by Gasteiger charge is -2.18. The highest BCUT2D eigenvalue weighted by Crippen LogP contribution is 2.28. The van der Waals surface area contributed by atoms with Gasteiger partial charge in [-0.1, -0.05) is 23.7 Å². The van der Waals surface area contributed by atoms with Crippen LogP contribution < -0.4 is 10.2 Å². The molecule has 7 heteroatoms. The van der Waals surface area contributed by atoms with Gasteiger partial charge in [0, 0.05) is 38.3 Å². The predicted octanol–water partition coefficient (Wildman–Crippen LogP) is 2.24. The van der Waals surface area contributed by atoms with Gasteiger partial charge in [0.05, 0.1) is 23.1 Å². The Balaban J connectivity index is 1.49. The van der Waals surface area contributed by atoms with E-state index in [1.165, 1.54) is 0 Å². The van der Waals surface area contributed by atoms with Crippen molar-refractivity contribution >= 4 is 29.1 Å². The summed E-state index contributed by atoms with van der Waals surface area (Å²) in [5.74, 6) is -0.0549. The molecular weight excluding hydrogens is 328 g/mol. The molecular formula is C17H19ClN4O2. The third-order valence-electron chi connectivity index (χ3n) is 4.01. The van der Waals surface area contributed by atoms with E-state index in [-0.39, 0.29) is 17.9 Å². The van der Waals surface area contributed by atoms with Crippen LogP contribution in [0, 0.1) is 0 Å². The molecule has 2 heterocycles. The first-order chi connectivity index (χ1) is 11.6. The van der Waals surface area contributed by atoms with E-state index in [4.69, 9.17) is 11.6 Å². The number of nitrogens with one attached hydrogen (secondary N) is 1. The third-order valence-corrected chi connectivity index (χ3v) is 4.33. The molecule has 1 aromatic heterocycles. The molecule has 0 aliphatic carbocycles. The van der Waals surface area contributed by atoms with Crippen LogP contribution in [0.15, 0.2) is 43.0 Å². The molecule has 0 bridgehead atoms. The highest BCUT2D eigenvalue weighted by molar-refractivity contribution is 6.33. The molecule has 0 radical (unpaired) electrons. The van der Waals surface area contributed by atoms with Gasteiger partial charge in [0.2, 0.25) is 11.8 Å². The zero-order valence-corrected chi connectivity index (χ0v) is 13.9. The SMILES string of the molecule is O=C(CCCn1ccnc1)NC1CC(=O)N(c2ccccc2Cl)C1. The van der Waals surface area contributed by atoms with Crippen LogP contribution in [-0.2, 0) is 16.1 Å². The molecule has 1 aliphatic heterocycles. The Labute approximate surface area is 145 Å². The molecule has 1 aromatic carbocycles. The molecule has 2 aromatic rings. The van der Waals surface area contributed by atoms with E-state index in [0.717, 1.165) is 13.0 Å². The highest BCUT2D eigenvalue weighted by Gasteiger charge is 2.32. The van der Waals surface area contributed by atoms with Gasteiger partial charge in [-0.05, 0) is 18.6 Å². The van der Waals surface area contributed by atoms with E-state index in [0.29, 0.717) is 30.1 Å². The van der Waals surface area contributed by atoms with Crippen LogP contribution in [0.1, 0.15) is 19.3 Å². The van der Waals surface area contributed by atoms with Crippen LogP contribution in [0.3, 0.4) is 0 Å². The van der Waals surface area contributed by atoms with Crippen LogP contribution in [0.2, 0.25) is 5.02 Å². The number of aryl methyl sites for hydroxylation is 1. The summed E-state index contributed by atoms with van der Waals surface area (Å²) in [4.78, 5) is 29.8. The molecule has 1 N–H and O–H groups in total. The Hall–Kier alpha value is -2.34. The molecule has 0 saturated carbocycles. The maximum Gasteiger partial charge on any atom is 0.229 e. The van der Waals surface area contributed by atoms with Crippen LogP contribution >= 0.6 is 11.6 Å². The molecule has 2 amide bonds. The number of para-hydroxylation sites is 1. The van der Waals surface area contributed by atoms with Crippen LogP contribution in [0.5, 0.6) is 0 Å². The molecule has 3 rings (SSSR count). The van der Waals surface area contributed by atoms with E-state index in [1.807, 2.05) is 29.0 Å². The van der Waals surface area contributed by atoms with Crippen LogP contribution in [0.25, 0.3) is 0 Å². The number of benzene rings is 1. The van der Waals surface area contributed by atoms with Crippen molar-refractivity contribution in [1.82, 2.24) is 14.9 Å². The minimum atomic E-state index is -0.172. The number of nitrogens with zero attached hydrogens (tertiary/aromatic N) is 3. The Morgan fingerprint density at radius 1 is 1.38 bits per heavy atom. The number of carbonyl (C=O) groups is 2. The number of halogens is 1. The predicted molar refractivity (Wildman–Crippen MR) is 91.8 cm³/mol. The molecule has 1 fully saturated rings. The lowest BCUT2D eigenvalue weighted by molar-refractivity contribution is -0.121. The van der Waals surface area contributed by atoms with Gasteiger partial charge in [-0.15, -0.1) is 0 Å². The van der Waals surface area contributed by atoms with Crippen molar-refractivity contribution in [2.24, 2.45) is 0 Å². The number of hydrogen-bond donors (Lipinski definition) is 1. The standard InChI is InChI=1S/C17H19ClN4O2/c18-14-4-1-2-5-15(14)22-11-13(10-17(22)24)20-16(23)6-3-8-21-9-7-19-12-21/h1-2,4-5,7,9,12-13H,3,6,8,10-11H2,(H,20,23). The van der Waals surface area contributed by atoms with Gasteiger partial charge >= 0.3 is 0 Å². The Morgan fingerprint density at radius 2 is 2.21 bits per heavy atom. The Kier molecular flexibility index (Phi) is 5.15. The lowest BCUT2D eigenvalue weighted by Crippen LogP contribution is -2.37. The first kappa shape index (κ1) is 16.5. The molecule has 1 atom stereocenters. The fourth-order valence-corrected chi connectivity index (χ4v) is 3.09. The van der Waals surface area contributed by atoms with Crippen molar-refractivity contribution in [1.29, 1.82) is 0 Å².